The van der Waals surface area contributed by atoms with Gasteiger partial charge in [-0.15, -0.1) is 0 Å². The number of anilines is 2. The van der Waals surface area contributed by atoms with Gasteiger partial charge in [0, 0.05) is 0 Å². The minimum absolute atomic E-state index is 0.00368. The second-order valence-corrected chi connectivity index (χ2v) is 18.0. The molecule has 13 N–H and O–H groups in total. The number of nitrogens with zero attached hydrogens (tertiary/aromatic N) is 7. The molecule has 0 saturated carbocycles. The largest absolute Gasteiger partial charge is 0.479 e. The summed E-state index contributed by atoms with van der Waals surface area (Å²) >= 11 is 0. The highest BCUT2D eigenvalue weighted by molar-refractivity contribution is 7.76. The van der Waals surface area contributed by atoms with Gasteiger partial charge in [0.15, 0.2) is 41.0 Å². The number of aliphatic hydroxyl groups is 4. The van der Waals surface area contributed by atoms with E-state index < -0.39 is 107 Å². The van der Waals surface area contributed by atoms with Crippen molar-refractivity contribution in [2.45, 2.75) is 24.7 Å². The number of imidazole rings is 2. The molecule has 0 fully saturated rings. The number of aromatic nitrogens is 8. The lowest BCUT2D eigenvalue weighted by Crippen LogP contribution is -2.30. The van der Waals surface area contributed by atoms with Gasteiger partial charge in [-0.2, -0.15) is 4.98 Å². The summed E-state index contributed by atoms with van der Waals surface area (Å²) in [5, 5.41) is 39.0. The smallest absolute Gasteiger partial charge is 0.394 e. The van der Waals surface area contributed by atoms with Gasteiger partial charge in [0.2, 0.25) is 5.95 Å². The Hall–Kier alpha value is -3.14. The van der Waals surface area contributed by atoms with E-state index in [2.05, 4.69) is 47.6 Å². The van der Waals surface area contributed by atoms with Crippen molar-refractivity contribution in [1.82, 2.24) is 39.0 Å². The minimum atomic E-state index is -5.71. The quantitative estimate of drug-likeness (QED) is 0.0363. The molecule has 33 heteroatoms. The lowest BCUT2D eigenvalue weighted by Gasteiger charge is -2.25. The summed E-state index contributed by atoms with van der Waals surface area (Å²) in [5.74, 6) is -2.39. The Labute approximate surface area is 300 Å². The lowest BCUT2D eigenvalue weighted by atomic mass is 10.4. The number of phosphoric ester groups is 2. The van der Waals surface area contributed by atoms with Crippen molar-refractivity contribution in [2.75, 3.05) is 57.0 Å². The highest BCUT2D eigenvalue weighted by Crippen LogP contribution is 2.70. The molecule has 4 heterocycles. The molecular formula is C21H34N10O19P4. The fourth-order valence-electron chi connectivity index (χ4n) is 4.34. The van der Waals surface area contributed by atoms with Crippen LogP contribution in [0.5, 0.6) is 0 Å². The van der Waals surface area contributed by atoms with Crippen LogP contribution in [0.15, 0.2) is 23.8 Å². The van der Waals surface area contributed by atoms with E-state index in [1.54, 1.807) is 0 Å². The van der Waals surface area contributed by atoms with Crippen LogP contribution in [0, 0.1) is 0 Å². The van der Waals surface area contributed by atoms with Crippen LogP contribution in [0.2, 0.25) is 0 Å². The van der Waals surface area contributed by atoms with E-state index in [9.17, 15) is 63.1 Å². The van der Waals surface area contributed by atoms with Crippen molar-refractivity contribution in [2.24, 2.45) is 0 Å². The molecule has 0 amide bonds. The van der Waals surface area contributed by atoms with E-state index in [0.29, 0.717) is 0 Å². The summed E-state index contributed by atoms with van der Waals surface area (Å²) in [6.45, 7) is -5.60. The van der Waals surface area contributed by atoms with Gasteiger partial charge in [-0.25, -0.2) is 37.7 Å². The van der Waals surface area contributed by atoms with Gasteiger partial charge in [-0.1, -0.05) is 0 Å². The molecule has 8 atom stereocenters. The van der Waals surface area contributed by atoms with E-state index in [1.807, 2.05) is 0 Å². The van der Waals surface area contributed by atoms with Gasteiger partial charge in [-0.05, 0) is 0 Å². The molecule has 4 aromatic rings. The number of phosphoric acid groups is 2. The molecule has 8 unspecified atom stereocenters. The standard InChI is InChI=1S/C21H34N10O19P4/c22-17-15-18(25-7-24-17)30(8-26-15)13(3-34)47-11(1-32)5-45-53(41,42)49-51(37,38)10-52(39,40)50-54(43,44)46-6-12(2-33)48-14(4-35)31-9-27-16-19(31)28-21(23)29-20(16)36/h7-9,11-14,32-35H,1-6,10H2,(H,37,38)(H,39,40)(H,41,42)(H,43,44)(H2,22,24,25)(H3,23,28,29,36). The van der Waals surface area contributed by atoms with Crippen LogP contribution in [-0.4, -0.2) is 137 Å². The third-order valence-electron chi connectivity index (χ3n) is 6.54. The molecule has 0 saturated heterocycles. The first kappa shape index (κ1) is 43.6. The molecule has 0 aliphatic carbocycles. The third-order valence-corrected chi connectivity index (χ3v) is 14.0. The summed E-state index contributed by atoms with van der Waals surface area (Å²) in [6.07, 6.45) is -2.62. The van der Waals surface area contributed by atoms with Crippen LogP contribution in [0.1, 0.15) is 12.5 Å². The number of nitrogens with one attached hydrogen (secondary N) is 1. The molecule has 0 spiro atoms. The number of hydrogen-bond acceptors (Lipinski definition) is 22. The highest BCUT2D eigenvalue weighted by Gasteiger charge is 2.44. The maximum Gasteiger partial charge on any atom is 0.479 e. The van der Waals surface area contributed by atoms with E-state index in [0.717, 1.165) is 23.5 Å². The van der Waals surface area contributed by atoms with Gasteiger partial charge in [0.1, 0.15) is 24.1 Å². The van der Waals surface area contributed by atoms with E-state index >= 15 is 0 Å². The van der Waals surface area contributed by atoms with E-state index in [4.69, 9.17) is 20.9 Å². The van der Waals surface area contributed by atoms with Gasteiger partial charge >= 0.3 is 30.8 Å². The van der Waals surface area contributed by atoms with E-state index in [-0.39, 0.29) is 34.1 Å². The van der Waals surface area contributed by atoms with Crippen molar-refractivity contribution in [3.05, 3.63) is 29.3 Å². The van der Waals surface area contributed by atoms with E-state index in [1.165, 1.54) is 4.57 Å². The third kappa shape index (κ3) is 11.5. The first-order valence-electron chi connectivity index (χ1n) is 14.6. The van der Waals surface area contributed by atoms with Crippen LogP contribution < -0.4 is 17.0 Å². The maximum atomic E-state index is 12.5. The average Bonchev–Trinajstić information content (AvgIpc) is 3.69. The Kier molecular flexibility index (Phi) is 14.3. The predicted molar refractivity (Wildman–Crippen MR) is 177 cm³/mol. The topological polar surface area (TPSA) is 445 Å². The number of rotatable bonds is 22. The molecule has 54 heavy (non-hydrogen) atoms. The zero-order chi connectivity index (χ0) is 40.1. The van der Waals surface area contributed by atoms with Crippen molar-refractivity contribution in [1.29, 1.82) is 0 Å². The Bertz CT molecular complexity index is 2170. The second kappa shape index (κ2) is 17.8. The molecule has 4 rings (SSSR count). The van der Waals surface area contributed by atoms with Crippen LogP contribution in [0.3, 0.4) is 0 Å². The first-order valence-corrected chi connectivity index (χ1v) is 21.1. The zero-order valence-corrected chi connectivity index (χ0v) is 30.7. The molecule has 0 aliphatic heterocycles. The number of hydrogen-bond donors (Lipinski definition) is 11. The Morgan fingerprint density at radius 1 is 0.704 bits per heavy atom. The summed E-state index contributed by atoms with van der Waals surface area (Å²) in [5.41, 5.74) is 10.4. The zero-order valence-electron chi connectivity index (χ0n) is 27.1. The molecule has 0 aromatic carbocycles. The second-order valence-electron chi connectivity index (χ2n) is 10.6. The van der Waals surface area contributed by atoms with Gasteiger partial charge in [-0.3, -0.25) is 37.1 Å². The van der Waals surface area contributed by atoms with Crippen LogP contribution in [0.4, 0.5) is 11.8 Å². The Morgan fingerprint density at radius 2 is 1.19 bits per heavy atom. The van der Waals surface area contributed by atoms with Crippen LogP contribution in [0.25, 0.3) is 22.3 Å². The van der Waals surface area contributed by atoms with Crippen LogP contribution in [-0.2, 0) is 45.4 Å². The minimum Gasteiger partial charge on any atom is -0.394 e. The number of H-pyrrole nitrogens is 1. The summed E-state index contributed by atoms with van der Waals surface area (Å²) < 4.78 is 80.4. The van der Waals surface area contributed by atoms with Crippen molar-refractivity contribution >= 4 is 64.9 Å². The predicted octanol–water partition coefficient (Wildman–Crippen LogP) is -2.54. The number of aromatic amines is 1. The maximum absolute atomic E-state index is 12.5. The van der Waals surface area contributed by atoms with Crippen molar-refractivity contribution < 1.29 is 85.4 Å². The van der Waals surface area contributed by atoms with Crippen molar-refractivity contribution in [3.8, 4) is 0 Å². The van der Waals surface area contributed by atoms with Gasteiger partial charge in [0.25, 0.3) is 5.56 Å². The highest BCUT2D eigenvalue weighted by atomic mass is 31.3. The SMILES string of the molecule is Nc1nc2c(ncn2C(CO)OC(CO)COP(=O)(O)OP(=O)(O)CP(=O)(O)OP(=O)(O)OCC(CO)OC(CO)n2cnc3c(N)ncnc32)c(=O)[nH]1. The molecule has 302 valence electrons. The van der Waals surface area contributed by atoms with Crippen molar-refractivity contribution in [3.63, 3.8) is 0 Å². The number of ether oxygens (including phenoxy) is 2. The molecule has 0 aliphatic rings. The molecule has 4 aromatic heterocycles. The number of aliphatic hydroxyl groups excluding tert-OH is 4. The fourth-order valence-corrected chi connectivity index (χ4v) is 11.2. The molecule has 0 bridgehead atoms. The average molecular weight is 854 g/mol. The van der Waals surface area contributed by atoms with Gasteiger partial charge in [0.05, 0.1) is 52.3 Å². The number of nitrogen functional groups attached to an aromatic ring is 2. The normalized spacial score (nSPS) is 19.0. The first-order chi connectivity index (χ1) is 25.2. The summed E-state index contributed by atoms with van der Waals surface area (Å²) in [4.78, 5) is 73.7. The van der Waals surface area contributed by atoms with Gasteiger partial charge < -0.3 is 60.9 Å². The molecular weight excluding hydrogens is 820 g/mol. The number of fused-ring (bicyclic) bond motifs is 2. The Balaban J connectivity index is 1.31. The number of nitrogens with two attached hydrogens (primary N) is 2. The summed E-state index contributed by atoms with van der Waals surface area (Å²) in [6, 6.07) is 0. The fraction of sp³-hybridized carbons (Fsp3) is 0.524. The Morgan fingerprint density at radius 3 is 1.67 bits per heavy atom. The lowest BCUT2D eigenvalue weighted by molar-refractivity contribution is -0.109. The summed E-state index contributed by atoms with van der Waals surface area (Å²) in [7, 11) is -22.7. The molecule has 29 nitrogen and oxygen atoms in total. The monoisotopic (exact) mass is 854 g/mol. The van der Waals surface area contributed by atoms with Crippen LogP contribution >= 0.6 is 30.8 Å². The molecule has 0 radical (unpaired) electrons.